The van der Waals surface area contributed by atoms with Crippen molar-refractivity contribution in [2.75, 3.05) is 33.3 Å². The minimum Gasteiger partial charge on any atom is -0.376 e. The maximum absolute atomic E-state index is 11.9. The summed E-state index contributed by atoms with van der Waals surface area (Å²) in [5, 5.41) is 3.20. The second-order valence-corrected chi connectivity index (χ2v) is 5.50. The molecule has 1 amide bonds. The van der Waals surface area contributed by atoms with Gasteiger partial charge in [0.15, 0.2) is 0 Å². The van der Waals surface area contributed by atoms with Gasteiger partial charge in [0.25, 0.3) is 0 Å². The van der Waals surface area contributed by atoms with E-state index < -0.39 is 5.54 Å². The minimum absolute atomic E-state index is 0.216. The van der Waals surface area contributed by atoms with Gasteiger partial charge in [-0.3, -0.25) is 9.69 Å². The predicted molar refractivity (Wildman–Crippen MR) is 70.2 cm³/mol. The number of morpholine rings is 1. The molecular formula is C13H25N3O2. The lowest BCUT2D eigenvalue weighted by molar-refractivity contribution is -0.127. The molecule has 0 aromatic heterocycles. The first-order valence-corrected chi connectivity index (χ1v) is 6.95. The van der Waals surface area contributed by atoms with Crippen molar-refractivity contribution in [1.82, 2.24) is 10.2 Å². The lowest BCUT2D eigenvalue weighted by Crippen LogP contribution is -2.63. The molecule has 1 aliphatic carbocycles. The van der Waals surface area contributed by atoms with Gasteiger partial charge < -0.3 is 15.8 Å². The molecule has 5 nitrogen and oxygen atoms in total. The number of amides is 1. The summed E-state index contributed by atoms with van der Waals surface area (Å²) in [5.74, 6) is 0.190. The maximum Gasteiger partial charge on any atom is 0.239 e. The van der Waals surface area contributed by atoms with Crippen LogP contribution in [0.4, 0.5) is 0 Å². The molecule has 0 bridgehead atoms. The summed E-state index contributed by atoms with van der Waals surface area (Å²) < 4.78 is 5.66. The first kappa shape index (κ1) is 13.8. The van der Waals surface area contributed by atoms with Gasteiger partial charge in [0.2, 0.25) is 5.91 Å². The molecule has 2 rings (SSSR count). The van der Waals surface area contributed by atoms with Gasteiger partial charge in [-0.05, 0) is 32.2 Å². The van der Waals surface area contributed by atoms with E-state index >= 15 is 0 Å². The average Bonchev–Trinajstić information content (AvgIpc) is 3.20. The molecule has 2 unspecified atom stereocenters. The Morgan fingerprint density at radius 2 is 2.28 bits per heavy atom. The topological polar surface area (TPSA) is 67.6 Å². The van der Waals surface area contributed by atoms with Crippen molar-refractivity contribution < 1.29 is 9.53 Å². The summed E-state index contributed by atoms with van der Waals surface area (Å²) >= 11 is 0. The molecule has 5 heteroatoms. The van der Waals surface area contributed by atoms with Crippen molar-refractivity contribution in [3.05, 3.63) is 0 Å². The molecule has 104 valence electrons. The van der Waals surface area contributed by atoms with Crippen LogP contribution in [-0.2, 0) is 9.53 Å². The fourth-order valence-corrected chi connectivity index (χ4v) is 2.91. The number of carbonyl (C=O) groups is 1. The second kappa shape index (κ2) is 5.55. The zero-order valence-electron chi connectivity index (χ0n) is 11.4. The highest BCUT2D eigenvalue weighted by Crippen LogP contribution is 2.40. The SMILES string of the molecule is CCC1CN(CC(NC)(C(N)=O)C2CC2)CCO1. The van der Waals surface area contributed by atoms with E-state index in [4.69, 9.17) is 10.5 Å². The third-order valence-corrected chi connectivity index (χ3v) is 4.31. The van der Waals surface area contributed by atoms with Crippen molar-refractivity contribution in [3.63, 3.8) is 0 Å². The van der Waals surface area contributed by atoms with E-state index in [0.29, 0.717) is 18.6 Å². The van der Waals surface area contributed by atoms with Crippen molar-refractivity contribution in [2.45, 2.75) is 37.8 Å². The van der Waals surface area contributed by atoms with Crippen molar-refractivity contribution in [3.8, 4) is 0 Å². The highest BCUT2D eigenvalue weighted by molar-refractivity contribution is 5.86. The Bertz CT molecular complexity index is 307. The molecule has 0 aromatic rings. The molecule has 2 atom stereocenters. The maximum atomic E-state index is 11.9. The summed E-state index contributed by atoms with van der Waals surface area (Å²) in [5.41, 5.74) is 5.10. The van der Waals surface area contributed by atoms with E-state index in [1.54, 1.807) is 0 Å². The van der Waals surface area contributed by atoms with Crippen molar-refractivity contribution >= 4 is 5.91 Å². The molecule has 0 aromatic carbocycles. The Morgan fingerprint density at radius 3 is 2.78 bits per heavy atom. The van der Waals surface area contributed by atoms with E-state index in [9.17, 15) is 4.79 Å². The van der Waals surface area contributed by atoms with Crippen LogP contribution < -0.4 is 11.1 Å². The molecule has 3 N–H and O–H groups in total. The van der Waals surface area contributed by atoms with Crippen LogP contribution in [0.25, 0.3) is 0 Å². The van der Waals surface area contributed by atoms with E-state index in [-0.39, 0.29) is 5.91 Å². The predicted octanol–water partition coefficient (Wildman–Crippen LogP) is -0.0493. The van der Waals surface area contributed by atoms with E-state index in [1.807, 2.05) is 7.05 Å². The Kier molecular flexibility index (Phi) is 4.25. The Labute approximate surface area is 109 Å². The lowest BCUT2D eigenvalue weighted by Gasteiger charge is -2.39. The molecule has 2 fully saturated rings. The van der Waals surface area contributed by atoms with E-state index in [0.717, 1.165) is 39.0 Å². The first-order chi connectivity index (χ1) is 8.62. The number of nitrogens with one attached hydrogen (secondary N) is 1. The number of ether oxygens (including phenoxy) is 1. The molecule has 1 aliphatic heterocycles. The molecule has 1 saturated heterocycles. The fraction of sp³-hybridized carbons (Fsp3) is 0.923. The van der Waals surface area contributed by atoms with Gasteiger partial charge >= 0.3 is 0 Å². The van der Waals surface area contributed by atoms with Crippen LogP contribution in [-0.4, -0.2) is 55.7 Å². The number of hydrogen-bond acceptors (Lipinski definition) is 4. The molecule has 0 radical (unpaired) electrons. The van der Waals surface area contributed by atoms with E-state index in [1.165, 1.54) is 0 Å². The number of rotatable bonds is 6. The highest BCUT2D eigenvalue weighted by atomic mass is 16.5. The van der Waals surface area contributed by atoms with Crippen LogP contribution in [0, 0.1) is 5.92 Å². The second-order valence-electron chi connectivity index (χ2n) is 5.50. The van der Waals surface area contributed by atoms with Gasteiger partial charge in [0, 0.05) is 19.6 Å². The lowest BCUT2D eigenvalue weighted by atomic mass is 9.91. The Balaban J connectivity index is 2.02. The molecule has 1 saturated carbocycles. The van der Waals surface area contributed by atoms with Crippen LogP contribution in [0.2, 0.25) is 0 Å². The van der Waals surface area contributed by atoms with Gasteiger partial charge in [-0.15, -0.1) is 0 Å². The molecule has 18 heavy (non-hydrogen) atoms. The number of carbonyl (C=O) groups excluding carboxylic acids is 1. The third kappa shape index (κ3) is 2.68. The third-order valence-electron chi connectivity index (χ3n) is 4.31. The van der Waals surface area contributed by atoms with Crippen molar-refractivity contribution in [2.24, 2.45) is 11.7 Å². The average molecular weight is 255 g/mol. The molecular weight excluding hydrogens is 230 g/mol. The smallest absolute Gasteiger partial charge is 0.239 e. The number of nitrogens with zero attached hydrogens (tertiary/aromatic N) is 1. The van der Waals surface area contributed by atoms with Crippen molar-refractivity contribution in [1.29, 1.82) is 0 Å². The summed E-state index contributed by atoms with van der Waals surface area (Å²) in [4.78, 5) is 14.2. The van der Waals surface area contributed by atoms with Gasteiger partial charge in [0.1, 0.15) is 5.54 Å². The van der Waals surface area contributed by atoms with Gasteiger partial charge in [-0.2, -0.15) is 0 Å². The number of nitrogens with two attached hydrogens (primary N) is 1. The summed E-state index contributed by atoms with van der Waals surface area (Å²) in [6.07, 6.45) is 3.51. The molecule has 2 aliphatic rings. The Morgan fingerprint density at radius 1 is 1.56 bits per heavy atom. The number of likely N-dealkylation sites (N-methyl/N-ethyl adjacent to an activating group) is 1. The van der Waals surface area contributed by atoms with Crippen LogP contribution in [0.3, 0.4) is 0 Å². The van der Waals surface area contributed by atoms with Gasteiger partial charge in [-0.1, -0.05) is 6.92 Å². The number of hydrogen-bond donors (Lipinski definition) is 2. The van der Waals surface area contributed by atoms with Crippen LogP contribution in [0.1, 0.15) is 26.2 Å². The molecule has 1 heterocycles. The van der Waals surface area contributed by atoms with Gasteiger partial charge in [0.05, 0.1) is 12.7 Å². The highest BCUT2D eigenvalue weighted by Gasteiger charge is 2.49. The summed E-state index contributed by atoms with van der Waals surface area (Å²) in [7, 11) is 1.85. The fourth-order valence-electron chi connectivity index (χ4n) is 2.91. The summed E-state index contributed by atoms with van der Waals surface area (Å²) in [6, 6.07) is 0. The summed E-state index contributed by atoms with van der Waals surface area (Å²) in [6.45, 7) is 5.39. The van der Waals surface area contributed by atoms with E-state index in [2.05, 4.69) is 17.1 Å². The van der Waals surface area contributed by atoms with Crippen LogP contribution >= 0.6 is 0 Å². The zero-order valence-corrected chi connectivity index (χ0v) is 11.4. The Hall–Kier alpha value is -0.650. The monoisotopic (exact) mass is 255 g/mol. The standard InChI is InChI=1S/C13H25N3O2/c1-3-11-8-16(6-7-18-11)9-13(15-2,12(14)17)10-4-5-10/h10-11,15H,3-9H2,1-2H3,(H2,14,17). The van der Waals surface area contributed by atoms with Gasteiger partial charge in [-0.25, -0.2) is 0 Å². The zero-order chi connectivity index (χ0) is 13.2. The largest absolute Gasteiger partial charge is 0.376 e. The first-order valence-electron chi connectivity index (χ1n) is 6.95. The molecule has 0 spiro atoms. The quantitative estimate of drug-likeness (QED) is 0.698. The normalized spacial score (nSPS) is 28.9. The number of primary amides is 1. The minimum atomic E-state index is -0.546. The van der Waals surface area contributed by atoms with Crippen LogP contribution in [0.5, 0.6) is 0 Å². The van der Waals surface area contributed by atoms with Crippen LogP contribution in [0.15, 0.2) is 0 Å².